The van der Waals surface area contributed by atoms with Crippen LogP contribution in [-0.2, 0) is 0 Å². The van der Waals surface area contributed by atoms with E-state index in [1.807, 2.05) is 24.3 Å². The highest BCUT2D eigenvalue weighted by molar-refractivity contribution is 7.73. The summed E-state index contributed by atoms with van der Waals surface area (Å²) in [6.45, 7) is 0. The average Bonchev–Trinajstić information content (AvgIpc) is 3.19. The minimum atomic E-state index is 0.627. The molecule has 0 radical (unpaired) electrons. The third kappa shape index (κ3) is 1.60. The fraction of sp³-hybridized carbons (Fsp3) is 0. The van der Waals surface area contributed by atoms with Crippen LogP contribution >= 0.6 is 23.6 Å². The number of rotatable bonds is 1. The van der Waals surface area contributed by atoms with Crippen molar-refractivity contribution in [3.63, 3.8) is 0 Å². The van der Waals surface area contributed by atoms with Gasteiger partial charge in [-0.3, -0.25) is 5.10 Å². The van der Waals surface area contributed by atoms with Crippen LogP contribution in [0.2, 0.25) is 0 Å². The highest BCUT2D eigenvalue weighted by atomic mass is 32.1. The van der Waals surface area contributed by atoms with E-state index in [1.54, 1.807) is 4.52 Å². The second kappa shape index (κ2) is 4.25. The van der Waals surface area contributed by atoms with E-state index in [-0.39, 0.29) is 0 Å². The number of benzene rings is 2. The smallest absolute Gasteiger partial charge is 0.234 e. The van der Waals surface area contributed by atoms with Gasteiger partial charge in [-0.25, -0.2) is 4.52 Å². The first kappa shape index (κ1) is 12.1. The second-order valence-electron chi connectivity index (χ2n) is 4.95. The fourth-order valence-corrected chi connectivity index (χ4v) is 3.62. The number of nitrogens with one attached hydrogen (secondary N) is 1. The van der Waals surface area contributed by atoms with Gasteiger partial charge in [0.15, 0.2) is 9.71 Å². The highest BCUT2D eigenvalue weighted by Gasteiger charge is 2.15. The summed E-state index contributed by atoms with van der Waals surface area (Å²) in [4.78, 5) is 0.727. The Labute approximate surface area is 132 Å². The maximum absolute atomic E-state index is 5.97. The van der Waals surface area contributed by atoms with Gasteiger partial charge in [-0.15, -0.1) is 10.2 Å². The molecule has 0 saturated carbocycles. The van der Waals surface area contributed by atoms with E-state index >= 15 is 0 Å². The molecule has 2 aromatic carbocycles. The fourth-order valence-electron chi connectivity index (χ4n) is 2.70. The van der Waals surface area contributed by atoms with E-state index in [9.17, 15) is 0 Å². The zero-order valence-electron chi connectivity index (χ0n) is 11.1. The third-order valence-corrected chi connectivity index (χ3v) is 4.73. The quantitative estimate of drug-likeness (QED) is 0.464. The second-order valence-corrected chi connectivity index (χ2v) is 6.60. The van der Waals surface area contributed by atoms with Crippen molar-refractivity contribution in [2.24, 2.45) is 0 Å². The molecule has 7 heteroatoms. The molecule has 0 aliphatic rings. The molecular weight excluding hydrogens is 316 g/mol. The lowest BCUT2D eigenvalue weighted by Crippen LogP contribution is -1.87. The lowest BCUT2D eigenvalue weighted by Gasteiger charge is -1.96. The molecule has 5 rings (SSSR count). The van der Waals surface area contributed by atoms with Crippen LogP contribution in [0, 0.1) is 3.95 Å². The molecule has 0 atom stereocenters. The Balaban J connectivity index is 1.85. The molecule has 0 amide bonds. The molecule has 0 bridgehead atoms. The number of aromatic amines is 1. The number of hydrogen-bond acceptors (Lipinski definition) is 5. The Bertz CT molecular complexity index is 1210. The van der Waals surface area contributed by atoms with Gasteiger partial charge in [0.2, 0.25) is 10.8 Å². The Morgan fingerprint density at radius 2 is 2.00 bits per heavy atom. The topological polar surface area (TPSA) is 59.1 Å². The van der Waals surface area contributed by atoms with Gasteiger partial charge in [-0.1, -0.05) is 41.7 Å². The Hall–Kier alpha value is -2.51. The molecule has 5 nitrogen and oxygen atoms in total. The zero-order chi connectivity index (χ0) is 14.7. The van der Waals surface area contributed by atoms with E-state index in [0.29, 0.717) is 15.5 Å². The van der Waals surface area contributed by atoms with Crippen LogP contribution in [0.25, 0.3) is 38.3 Å². The maximum atomic E-state index is 5.97. The third-order valence-electron chi connectivity index (χ3n) is 3.67. The molecule has 0 aliphatic carbocycles. The monoisotopic (exact) mass is 324 g/mol. The lowest BCUT2D eigenvalue weighted by atomic mass is 10.1. The van der Waals surface area contributed by atoms with Crippen molar-refractivity contribution in [3.8, 4) is 11.6 Å². The number of aromatic nitrogens is 4. The van der Waals surface area contributed by atoms with Gasteiger partial charge < -0.3 is 4.42 Å². The SMILES string of the molecule is S=c1[nH]n2c(-c3cc4c(ccc5ccccc54)o3)nnc2s1. The molecule has 106 valence electrons. The summed E-state index contributed by atoms with van der Waals surface area (Å²) < 4.78 is 8.38. The van der Waals surface area contributed by atoms with Gasteiger partial charge in [0.1, 0.15) is 5.58 Å². The van der Waals surface area contributed by atoms with Crippen LogP contribution in [0.15, 0.2) is 46.9 Å². The van der Waals surface area contributed by atoms with Crippen LogP contribution in [0.5, 0.6) is 0 Å². The predicted octanol–water partition coefficient (Wildman–Crippen LogP) is 4.41. The van der Waals surface area contributed by atoms with E-state index in [0.717, 1.165) is 21.3 Å². The number of fused-ring (bicyclic) bond motifs is 4. The van der Waals surface area contributed by atoms with Gasteiger partial charge in [0.25, 0.3) is 0 Å². The molecule has 1 N–H and O–H groups in total. The van der Waals surface area contributed by atoms with Crippen molar-refractivity contribution in [2.45, 2.75) is 0 Å². The molecule has 0 saturated heterocycles. The summed E-state index contributed by atoms with van der Waals surface area (Å²) in [5, 5.41) is 14.8. The maximum Gasteiger partial charge on any atom is 0.234 e. The number of hydrogen-bond donors (Lipinski definition) is 1. The first-order chi connectivity index (χ1) is 10.8. The van der Waals surface area contributed by atoms with Crippen molar-refractivity contribution in [2.75, 3.05) is 0 Å². The molecule has 0 fully saturated rings. The largest absolute Gasteiger partial charge is 0.453 e. The molecule has 5 aromatic rings. The first-order valence-corrected chi connectivity index (χ1v) is 7.88. The van der Waals surface area contributed by atoms with Gasteiger partial charge in [0, 0.05) is 5.39 Å². The van der Waals surface area contributed by atoms with Gasteiger partial charge in [0.05, 0.1) is 0 Å². The number of H-pyrrole nitrogens is 1. The van der Waals surface area contributed by atoms with Crippen LogP contribution < -0.4 is 0 Å². The molecule has 3 heterocycles. The lowest BCUT2D eigenvalue weighted by molar-refractivity contribution is 0.622. The summed E-state index contributed by atoms with van der Waals surface area (Å²) in [6, 6.07) is 14.3. The molecule has 0 spiro atoms. The zero-order valence-corrected chi connectivity index (χ0v) is 12.7. The summed E-state index contributed by atoms with van der Waals surface area (Å²) in [7, 11) is 0. The van der Waals surface area contributed by atoms with E-state index in [2.05, 4.69) is 33.5 Å². The summed E-state index contributed by atoms with van der Waals surface area (Å²) in [5.41, 5.74) is 0.833. The molecule has 0 unspecified atom stereocenters. The van der Waals surface area contributed by atoms with Crippen molar-refractivity contribution in [1.29, 1.82) is 0 Å². The van der Waals surface area contributed by atoms with E-state index < -0.39 is 0 Å². The van der Waals surface area contributed by atoms with Gasteiger partial charge in [-0.05, 0) is 35.1 Å². The van der Waals surface area contributed by atoms with Crippen molar-refractivity contribution in [3.05, 3.63) is 46.4 Å². The number of furan rings is 1. The Morgan fingerprint density at radius 3 is 2.95 bits per heavy atom. The highest BCUT2D eigenvalue weighted by Crippen LogP contribution is 2.32. The summed E-state index contributed by atoms with van der Waals surface area (Å²) >= 11 is 6.53. The standard InChI is InChI=1S/C15H8N4OS2/c21-15-18-19-13(16-17-14(19)22-15)12-7-10-9-4-2-1-3-8(9)5-6-11(10)20-12/h1-7H,(H,18,21). The molecule has 3 aromatic heterocycles. The van der Waals surface area contributed by atoms with E-state index in [4.69, 9.17) is 16.6 Å². The van der Waals surface area contributed by atoms with Crippen LogP contribution in [-0.4, -0.2) is 19.8 Å². The molecule has 22 heavy (non-hydrogen) atoms. The normalized spacial score (nSPS) is 11.8. The Morgan fingerprint density at radius 1 is 1.09 bits per heavy atom. The predicted molar refractivity (Wildman–Crippen MR) is 88.8 cm³/mol. The first-order valence-electron chi connectivity index (χ1n) is 6.65. The van der Waals surface area contributed by atoms with Crippen molar-refractivity contribution >= 4 is 50.3 Å². The average molecular weight is 324 g/mol. The minimum Gasteiger partial charge on any atom is -0.453 e. The van der Waals surface area contributed by atoms with E-state index in [1.165, 1.54) is 16.7 Å². The van der Waals surface area contributed by atoms with Crippen molar-refractivity contribution in [1.82, 2.24) is 19.8 Å². The van der Waals surface area contributed by atoms with Gasteiger partial charge >= 0.3 is 0 Å². The minimum absolute atomic E-state index is 0.627. The summed E-state index contributed by atoms with van der Waals surface area (Å²) in [6.07, 6.45) is 0. The van der Waals surface area contributed by atoms with Crippen molar-refractivity contribution < 1.29 is 4.42 Å². The van der Waals surface area contributed by atoms with Gasteiger partial charge in [-0.2, -0.15) is 0 Å². The Kier molecular flexibility index (Phi) is 2.33. The molecular formula is C15H8N4OS2. The summed E-state index contributed by atoms with van der Waals surface area (Å²) in [5.74, 6) is 1.30. The van der Waals surface area contributed by atoms with Crippen LogP contribution in [0.1, 0.15) is 0 Å². The molecule has 0 aliphatic heterocycles. The number of nitrogens with zero attached hydrogens (tertiary/aromatic N) is 3. The van der Waals surface area contributed by atoms with Crippen LogP contribution in [0.4, 0.5) is 0 Å². The van der Waals surface area contributed by atoms with Crippen LogP contribution in [0.3, 0.4) is 0 Å².